The number of hydrogen-bond acceptors (Lipinski definition) is 8. The standard InChI is InChI=1S/C28H36N8O2/c1-33(2)16-12-29-25-22-11-10-20(18-24(22)27(37)34(3)31-25)19-36-28(38)23-9-5-4-8-21(23)26(32-36)30-13-17-35-14-6-7-15-35/h4-5,8-11,18H,6-7,12-17,19H2,1-3H3,(H,29,31)(H,30,32). The van der Waals surface area contributed by atoms with Crippen LogP contribution in [-0.2, 0) is 13.6 Å². The lowest BCUT2D eigenvalue weighted by molar-refractivity contribution is 0.352. The van der Waals surface area contributed by atoms with Crippen molar-refractivity contribution in [2.24, 2.45) is 7.05 Å². The molecule has 0 aliphatic carbocycles. The maximum Gasteiger partial charge on any atom is 0.275 e. The lowest BCUT2D eigenvalue weighted by Crippen LogP contribution is -2.28. The second-order valence-corrected chi connectivity index (χ2v) is 10.2. The van der Waals surface area contributed by atoms with Crippen LogP contribution in [-0.4, -0.2) is 82.7 Å². The molecular formula is C28H36N8O2. The number of hydrogen-bond donors (Lipinski definition) is 2. The van der Waals surface area contributed by atoms with Gasteiger partial charge >= 0.3 is 0 Å². The van der Waals surface area contributed by atoms with Crippen LogP contribution < -0.4 is 21.8 Å². The van der Waals surface area contributed by atoms with Crippen molar-refractivity contribution < 1.29 is 0 Å². The molecule has 1 aliphatic heterocycles. The van der Waals surface area contributed by atoms with Crippen molar-refractivity contribution in [3.05, 3.63) is 68.7 Å². The van der Waals surface area contributed by atoms with Gasteiger partial charge in [0, 0.05) is 44.0 Å². The number of nitrogens with zero attached hydrogens (tertiary/aromatic N) is 6. The Morgan fingerprint density at radius 1 is 0.842 bits per heavy atom. The summed E-state index contributed by atoms with van der Waals surface area (Å²) in [5.41, 5.74) is 0.496. The van der Waals surface area contributed by atoms with Gasteiger partial charge in [-0.3, -0.25) is 9.59 Å². The second-order valence-electron chi connectivity index (χ2n) is 10.2. The number of nitrogens with one attached hydrogen (secondary N) is 2. The van der Waals surface area contributed by atoms with Crippen LogP contribution in [0.1, 0.15) is 18.4 Å². The molecule has 2 aromatic heterocycles. The van der Waals surface area contributed by atoms with Gasteiger partial charge in [0.1, 0.15) is 0 Å². The number of fused-ring (bicyclic) bond motifs is 2. The predicted octanol–water partition coefficient (Wildman–Crippen LogP) is 2.17. The van der Waals surface area contributed by atoms with Crippen LogP contribution in [0.2, 0.25) is 0 Å². The highest BCUT2D eigenvalue weighted by Crippen LogP contribution is 2.21. The molecule has 1 saturated heterocycles. The lowest BCUT2D eigenvalue weighted by Gasteiger charge is -2.17. The smallest absolute Gasteiger partial charge is 0.275 e. The zero-order valence-electron chi connectivity index (χ0n) is 22.4. The zero-order chi connectivity index (χ0) is 26.6. The molecule has 0 spiro atoms. The number of benzene rings is 2. The maximum absolute atomic E-state index is 13.4. The van der Waals surface area contributed by atoms with Gasteiger partial charge in [-0.1, -0.05) is 30.3 Å². The van der Waals surface area contributed by atoms with E-state index in [0.29, 0.717) is 29.0 Å². The molecule has 0 bridgehead atoms. The first kappa shape index (κ1) is 25.9. The Kier molecular flexibility index (Phi) is 7.71. The van der Waals surface area contributed by atoms with Gasteiger partial charge in [-0.15, -0.1) is 0 Å². The van der Waals surface area contributed by atoms with Gasteiger partial charge in [0.2, 0.25) is 0 Å². The Hall–Kier alpha value is -3.76. The average Bonchev–Trinajstić information content (AvgIpc) is 3.43. The Bertz CT molecular complexity index is 1550. The summed E-state index contributed by atoms with van der Waals surface area (Å²) in [7, 11) is 5.68. The van der Waals surface area contributed by atoms with Crippen molar-refractivity contribution in [1.29, 1.82) is 0 Å². The minimum atomic E-state index is -0.178. The van der Waals surface area contributed by atoms with Crippen LogP contribution >= 0.6 is 0 Å². The molecule has 0 unspecified atom stereocenters. The summed E-state index contributed by atoms with van der Waals surface area (Å²) in [4.78, 5) is 30.8. The average molecular weight is 517 g/mol. The fourth-order valence-electron chi connectivity index (χ4n) is 5.01. The fourth-order valence-corrected chi connectivity index (χ4v) is 5.01. The fraction of sp³-hybridized carbons (Fsp3) is 0.429. The molecule has 0 saturated carbocycles. The first-order valence-corrected chi connectivity index (χ1v) is 13.3. The molecule has 200 valence electrons. The largest absolute Gasteiger partial charge is 0.367 e. The van der Waals surface area contributed by atoms with E-state index in [1.165, 1.54) is 22.2 Å². The minimum Gasteiger partial charge on any atom is -0.367 e. The third-order valence-electron chi connectivity index (χ3n) is 7.08. The van der Waals surface area contributed by atoms with E-state index in [9.17, 15) is 9.59 Å². The zero-order valence-corrected chi connectivity index (χ0v) is 22.4. The molecule has 2 N–H and O–H groups in total. The number of aromatic nitrogens is 4. The molecule has 0 radical (unpaired) electrons. The topological polar surface area (TPSA) is 100 Å². The molecule has 5 rings (SSSR count). The third-order valence-corrected chi connectivity index (χ3v) is 7.08. The number of aryl methyl sites for hydroxylation is 1. The number of likely N-dealkylation sites (N-methyl/N-ethyl adjacent to an activating group) is 1. The summed E-state index contributed by atoms with van der Waals surface area (Å²) >= 11 is 0. The molecule has 10 nitrogen and oxygen atoms in total. The molecule has 0 amide bonds. The monoisotopic (exact) mass is 516 g/mol. The Morgan fingerprint density at radius 2 is 1.53 bits per heavy atom. The Labute approximate surface area is 221 Å². The Balaban J connectivity index is 1.45. The molecule has 0 atom stereocenters. The summed E-state index contributed by atoms with van der Waals surface area (Å²) < 4.78 is 2.84. The van der Waals surface area contributed by atoms with Crippen molar-refractivity contribution in [3.63, 3.8) is 0 Å². The van der Waals surface area contributed by atoms with E-state index in [4.69, 9.17) is 5.10 Å². The van der Waals surface area contributed by atoms with E-state index < -0.39 is 0 Å². The molecule has 3 heterocycles. The van der Waals surface area contributed by atoms with E-state index in [1.54, 1.807) is 7.05 Å². The van der Waals surface area contributed by atoms with Crippen LogP contribution in [0.5, 0.6) is 0 Å². The van der Waals surface area contributed by atoms with Crippen LogP contribution in [0.4, 0.5) is 11.6 Å². The van der Waals surface area contributed by atoms with Gasteiger partial charge in [-0.2, -0.15) is 10.2 Å². The summed E-state index contributed by atoms with van der Waals surface area (Å²) in [5.74, 6) is 1.37. The van der Waals surface area contributed by atoms with Gasteiger partial charge in [-0.05, 0) is 57.7 Å². The first-order valence-electron chi connectivity index (χ1n) is 13.3. The van der Waals surface area contributed by atoms with Crippen LogP contribution in [0, 0.1) is 0 Å². The van der Waals surface area contributed by atoms with Crippen LogP contribution in [0.15, 0.2) is 52.1 Å². The lowest BCUT2D eigenvalue weighted by atomic mass is 10.1. The van der Waals surface area contributed by atoms with E-state index >= 15 is 0 Å². The first-order chi connectivity index (χ1) is 18.4. The molecule has 1 aliphatic rings. The van der Waals surface area contributed by atoms with Gasteiger partial charge in [0.15, 0.2) is 11.6 Å². The molecule has 10 heteroatoms. The Morgan fingerprint density at radius 3 is 2.29 bits per heavy atom. The van der Waals surface area contributed by atoms with E-state index in [1.807, 2.05) is 56.6 Å². The SMILES string of the molecule is CN(C)CCNc1nn(C)c(=O)c2cc(Cn3nc(NCCN4CCCC4)c4ccccc4c3=O)ccc12. The highest BCUT2D eigenvalue weighted by atomic mass is 16.1. The van der Waals surface area contributed by atoms with Crippen molar-refractivity contribution in [1.82, 2.24) is 29.4 Å². The minimum absolute atomic E-state index is 0.153. The van der Waals surface area contributed by atoms with Crippen LogP contribution in [0.25, 0.3) is 21.5 Å². The number of anilines is 2. The summed E-state index contributed by atoms with van der Waals surface area (Å²) in [5, 5.41) is 18.7. The second kappa shape index (κ2) is 11.3. The number of rotatable bonds is 10. The van der Waals surface area contributed by atoms with Crippen molar-refractivity contribution in [2.45, 2.75) is 19.4 Å². The van der Waals surface area contributed by atoms with E-state index in [0.717, 1.165) is 49.1 Å². The van der Waals surface area contributed by atoms with Crippen molar-refractivity contribution in [3.8, 4) is 0 Å². The highest BCUT2D eigenvalue weighted by Gasteiger charge is 2.15. The molecule has 1 fully saturated rings. The van der Waals surface area contributed by atoms with Crippen molar-refractivity contribution in [2.75, 3.05) is 64.0 Å². The van der Waals surface area contributed by atoms with Gasteiger partial charge < -0.3 is 20.4 Å². The van der Waals surface area contributed by atoms with Gasteiger partial charge in [0.25, 0.3) is 11.1 Å². The van der Waals surface area contributed by atoms with Gasteiger partial charge in [-0.25, -0.2) is 9.36 Å². The summed E-state index contributed by atoms with van der Waals surface area (Å²) in [6.07, 6.45) is 2.51. The third kappa shape index (κ3) is 5.56. The summed E-state index contributed by atoms with van der Waals surface area (Å²) in [6, 6.07) is 13.3. The molecule has 2 aromatic carbocycles. The number of likely N-dealkylation sites (tertiary alicyclic amines) is 1. The molecule has 4 aromatic rings. The van der Waals surface area contributed by atoms with E-state index in [-0.39, 0.29) is 17.7 Å². The van der Waals surface area contributed by atoms with Crippen molar-refractivity contribution >= 4 is 33.2 Å². The molecule has 38 heavy (non-hydrogen) atoms. The normalized spacial score (nSPS) is 14.1. The van der Waals surface area contributed by atoms with E-state index in [2.05, 4.69) is 25.5 Å². The predicted molar refractivity (Wildman–Crippen MR) is 153 cm³/mol. The van der Waals surface area contributed by atoms with Gasteiger partial charge in [0.05, 0.1) is 17.3 Å². The quantitative estimate of drug-likeness (QED) is 0.331. The summed E-state index contributed by atoms with van der Waals surface area (Å²) in [6.45, 7) is 5.79. The van der Waals surface area contributed by atoms with Crippen LogP contribution in [0.3, 0.4) is 0 Å². The molecular weight excluding hydrogens is 480 g/mol. The maximum atomic E-state index is 13.4. The highest BCUT2D eigenvalue weighted by molar-refractivity contribution is 5.92.